The van der Waals surface area contributed by atoms with Crippen molar-refractivity contribution in [2.24, 2.45) is 10.9 Å². The van der Waals surface area contributed by atoms with Crippen LogP contribution in [0.5, 0.6) is 0 Å². The summed E-state index contributed by atoms with van der Waals surface area (Å²) in [5.74, 6) is 0.232. The van der Waals surface area contributed by atoms with Crippen molar-refractivity contribution in [1.29, 1.82) is 0 Å². The van der Waals surface area contributed by atoms with Gasteiger partial charge in [-0.2, -0.15) is 0 Å². The van der Waals surface area contributed by atoms with E-state index in [1.807, 2.05) is 18.2 Å². The third-order valence-corrected chi connectivity index (χ3v) is 6.41. The Morgan fingerprint density at radius 3 is 2.13 bits per heavy atom. The lowest BCUT2D eigenvalue weighted by Gasteiger charge is -2.34. The highest BCUT2D eigenvalue weighted by atomic mass is 16.1. The first-order valence-corrected chi connectivity index (χ1v) is 10.7. The minimum atomic E-state index is -0.234. The number of nitrogens with one attached hydrogen (secondary N) is 1. The smallest absolute Gasteiger partial charge is 0.144 e. The molecule has 3 aromatic rings. The molecule has 3 nitrogen and oxygen atoms in total. The summed E-state index contributed by atoms with van der Waals surface area (Å²) in [5, 5.41) is 3.65. The maximum atomic E-state index is 13.5. The molecule has 1 aliphatic heterocycles. The molecule has 0 bridgehead atoms. The summed E-state index contributed by atoms with van der Waals surface area (Å²) >= 11 is 0. The molecule has 0 saturated heterocycles. The van der Waals surface area contributed by atoms with Crippen molar-refractivity contribution in [2.45, 2.75) is 38.6 Å². The Bertz CT molecular complexity index is 1110. The average Bonchev–Trinajstić information content (AvgIpc) is 2.91. The van der Waals surface area contributed by atoms with Crippen molar-refractivity contribution >= 4 is 22.9 Å². The fourth-order valence-electron chi connectivity index (χ4n) is 4.72. The second-order valence-electron chi connectivity index (χ2n) is 8.61. The van der Waals surface area contributed by atoms with Crippen LogP contribution in [0.2, 0.25) is 0 Å². The van der Waals surface area contributed by atoms with Crippen LogP contribution in [0.15, 0.2) is 77.8 Å². The van der Waals surface area contributed by atoms with Gasteiger partial charge in [0.1, 0.15) is 5.78 Å². The van der Waals surface area contributed by atoms with Gasteiger partial charge in [0.25, 0.3) is 0 Å². The first-order valence-electron chi connectivity index (χ1n) is 10.7. The lowest BCUT2D eigenvalue weighted by molar-refractivity contribution is -0.122. The van der Waals surface area contributed by atoms with Crippen molar-refractivity contribution in [1.82, 2.24) is 0 Å². The number of hydrogen-bond donors (Lipinski definition) is 1. The number of aryl methyl sites for hydroxylation is 2. The molecule has 3 unspecified atom stereocenters. The molecule has 1 heterocycles. The first-order chi connectivity index (χ1) is 14.6. The van der Waals surface area contributed by atoms with Gasteiger partial charge in [-0.1, -0.05) is 71.8 Å². The minimum Gasteiger partial charge on any atom is -0.375 e. The third kappa shape index (κ3) is 3.45. The normalized spacial score (nSPS) is 22.9. The van der Waals surface area contributed by atoms with Crippen LogP contribution in [-0.4, -0.2) is 11.5 Å². The van der Waals surface area contributed by atoms with Crippen molar-refractivity contribution in [3.05, 3.63) is 95.1 Å². The first kappa shape index (κ1) is 18.8. The Hall–Kier alpha value is -3.20. The van der Waals surface area contributed by atoms with Gasteiger partial charge in [0, 0.05) is 12.1 Å². The summed E-state index contributed by atoms with van der Waals surface area (Å²) in [7, 11) is 0. The highest BCUT2D eigenvalue weighted by Crippen LogP contribution is 2.43. The Labute approximate surface area is 177 Å². The number of aliphatic imine (C=N–C) groups is 1. The molecule has 150 valence electrons. The van der Waals surface area contributed by atoms with Crippen LogP contribution < -0.4 is 5.32 Å². The number of anilines is 1. The molecule has 0 aromatic heterocycles. The van der Waals surface area contributed by atoms with E-state index in [9.17, 15) is 4.79 Å². The summed E-state index contributed by atoms with van der Waals surface area (Å²) < 4.78 is 0. The van der Waals surface area contributed by atoms with E-state index in [0.29, 0.717) is 6.42 Å². The van der Waals surface area contributed by atoms with Crippen molar-refractivity contribution in [2.75, 3.05) is 5.32 Å². The van der Waals surface area contributed by atoms with Crippen LogP contribution in [0.1, 0.15) is 47.1 Å². The van der Waals surface area contributed by atoms with E-state index in [-0.39, 0.29) is 23.7 Å². The van der Waals surface area contributed by atoms with Crippen LogP contribution in [0, 0.1) is 19.8 Å². The van der Waals surface area contributed by atoms with Crippen LogP contribution in [0.4, 0.5) is 11.4 Å². The SMILES string of the molecule is Cc1ccc(C2CC(=O)C3C(=Nc4ccccc4NC3c3ccc(C)cc3)C2)cc1. The van der Waals surface area contributed by atoms with Gasteiger partial charge < -0.3 is 5.32 Å². The van der Waals surface area contributed by atoms with Gasteiger partial charge in [0.2, 0.25) is 0 Å². The minimum absolute atomic E-state index is 0.0977. The number of ketones is 1. The third-order valence-electron chi connectivity index (χ3n) is 6.41. The Morgan fingerprint density at radius 1 is 0.800 bits per heavy atom. The van der Waals surface area contributed by atoms with Crippen LogP contribution >= 0.6 is 0 Å². The van der Waals surface area contributed by atoms with Gasteiger partial charge in [0.05, 0.1) is 23.3 Å². The van der Waals surface area contributed by atoms with Gasteiger partial charge >= 0.3 is 0 Å². The number of para-hydroxylation sites is 2. The quantitative estimate of drug-likeness (QED) is 0.554. The maximum Gasteiger partial charge on any atom is 0.144 e. The average molecular weight is 395 g/mol. The number of hydrogen-bond acceptors (Lipinski definition) is 3. The highest BCUT2D eigenvalue weighted by Gasteiger charge is 2.41. The molecule has 3 aromatic carbocycles. The number of rotatable bonds is 2. The van der Waals surface area contributed by atoms with Gasteiger partial charge in [-0.25, -0.2) is 0 Å². The largest absolute Gasteiger partial charge is 0.375 e. The number of carbonyl (C=O) groups excluding carboxylic acids is 1. The molecule has 1 aliphatic carbocycles. The standard InChI is InChI=1S/C27H26N2O/c1-17-7-11-19(12-8-17)21-15-24-26(25(30)16-21)27(20-13-9-18(2)10-14-20)29-23-6-4-3-5-22(23)28-24/h3-14,21,26-27,29H,15-16H2,1-2H3. The van der Waals surface area contributed by atoms with Gasteiger partial charge in [-0.05, 0) is 49.4 Å². The predicted octanol–water partition coefficient (Wildman–Crippen LogP) is 6.31. The van der Waals surface area contributed by atoms with E-state index in [1.165, 1.54) is 16.7 Å². The second kappa shape index (κ2) is 7.56. The zero-order valence-corrected chi connectivity index (χ0v) is 17.4. The van der Waals surface area contributed by atoms with Crippen LogP contribution in [0.25, 0.3) is 0 Å². The molecule has 3 heteroatoms. The Kier molecular flexibility index (Phi) is 4.74. The molecule has 2 aliphatic rings. The molecule has 1 fully saturated rings. The highest BCUT2D eigenvalue weighted by molar-refractivity contribution is 6.10. The lowest BCUT2D eigenvalue weighted by Crippen LogP contribution is -2.38. The van der Waals surface area contributed by atoms with Gasteiger partial charge in [0.15, 0.2) is 0 Å². The molecule has 1 saturated carbocycles. The summed E-state index contributed by atoms with van der Waals surface area (Å²) in [6, 6.07) is 25.1. The fraction of sp³-hybridized carbons (Fsp3) is 0.259. The molecule has 1 N–H and O–H groups in total. The maximum absolute atomic E-state index is 13.5. The van der Waals surface area contributed by atoms with E-state index in [0.717, 1.165) is 29.1 Å². The summed E-state index contributed by atoms with van der Waals surface area (Å²) in [4.78, 5) is 18.5. The van der Waals surface area contributed by atoms with E-state index < -0.39 is 0 Å². The summed E-state index contributed by atoms with van der Waals surface area (Å²) in [6.45, 7) is 4.18. The number of carbonyl (C=O) groups is 1. The monoisotopic (exact) mass is 394 g/mol. The lowest BCUT2D eigenvalue weighted by atomic mass is 9.72. The molecule has 5 rings (SSSR count). The predicted molar refractivity (Wildman–Crippen MR) is 123 cm³/mol. The summed E-state index contributed by atoms with van der Waals surface area (Å²) in [5.41, 5.74) is 7.73. The Morgan fingerprint density at radius 2 is 1.43 bits per heavy atom. The van der Waals surface area contributed by atoms with Crippen LogP contribution in [0.3, 0.4) is 0 Å². The van der Waals surface area contributed by atoms with Crippen LogP contribution in [-0.2, 0) is 4.79 Å². The molecule has 0 amide bonds. The molecule has 0 spiro atoms. The van der Waals surface area contributed by atoms with Crippen molar-refractivity contribution in [3.63, 3.8) is 0 Å². The van der Waals surface area contributed by atoms with E-state index in [4.69, 9.17) is 4.99 Å². The van der Waals surface area contributed by atoms with E-state index in [2.05, 4.69) is 73.8 Å². The molecule has 3 atom stereocenters. The molecular weight excluding hydrogens is 368 g/mol. The fourth-order valence-corrected chi connectivity index (χ4v) is 4.72. The second-order valence-corrected chi connectivity index (χ2v) is 8.61. The van der Waals surface area contributed by atoms with E-state index >= 15 is 0 Å². The topological polar surface area (TPSA) is 41.5 Å². The number of Topliss-reactive ketones (excluding diaryl/α,β-unsaturated/α-hetero) is 1. The summed E-state index contributed by atoms with van der Waals surface area (Å²) in [6.07, 6.45) is 1.38. The molecule has 30 heavy (non-hydrogen) atoms. The number of benzene rings is 3. The van der Waals surface area contributed by atoms with Gasteiger partial charge in [-0.15, -0.1) is 0 Å². The Balaban J connectivity index is 1.58. The van der Waals surface area contributed by atoms with E-state index in [1.54, 1.807) is 0 Å². The number of nitrogens with zero attached hydrogens (tertiary/aromatic N) is 1. The number of fused-ring (bicyclic) bond motifs is 2. The van der Waals surface area contributed by atoms with Crippen molar-refractivity contribution < 1.29 is 4.79 Å². The van der Waals surface area contributed by atoms with Crippen molar-refractivity contribution in [3.8, 4) is 0 Å². The molecule has 0 radical (unpaired) electrons. The van der Waals surface area contributed by atoms with Gasteiger partial charge in [-0.3, -0.25) is 9.79 Å². The molecular formula is C27H26N2O. The zero-order chi connectivity index (χ0) is 20.7. The zero-order valence-electron chi connectivity index (χ0n) is 17.4.